The Bertz CT molecular complexity index is 813. The predicted octanol–water partition coefficient (Wildman–Crippen LogP) is 5.57. The maximum Gasteiger partial charge on any atom is 0.257 e. The fourth-order valence-electron chi connectivity index (χ4n) is 3.51. The van der Waals surface area contributed by atoms with Crippen molar-refractivity contribution in [2.75, 3.05) is 13.7 Å². The summed E-state index contributed by atoms with van der Waals surface area (Å²) >= 11 is 5.93. The van der Waals surface area contributed by atoms with E-state index in [0.29, 0.717) is 37.5 Å². The van der Waals surface area contributed by atoms with Crippen molar-refractivity contribution in [2.45, 2.75) is 71.3 Å². The summed E-state index contributed by atoms with van der Waals surface area (Å²) in [5.41, 5.74) is 2.97. The third kappa shape index (κ3) is 11.5. The van der Waals surface area contributed by atoms with Gasteiger partial charge in [0.25, 0.3) is 11.8 Å². The molecular weight excluding hydrogens is 452 g/mol. The number of ether oxygens (including phenoxy) is 1. The number of halogens is 1. The predicted molar refractivity (Wildman–Crippen MR) is 138 cm³/mol. The van der Waals surface area contributed by atoms with Gasteiger partial charge in [-0.2, -0.15) is 0 Å². The van der Waals surface area contributed by atoms with Crippen LogP contribution in [0.4, 0.5) is 0 Å². The molecule has 0 aromatic carbocycles. The standard InChI is InChI=1S/C27H39ClN2O4/c1-5-6-7-11-23(20-28)15-13-21(2)10-8-9-12-25(31)29-18-17-24(34-4)19-27(33)30-22(3)14-16-26(30)32/h5,8,10,14,16,19-22H,1,6-7,9,11-13,15,17-18H2,2-4H3,(H,29,31)/b10-8+,23-20+,24-19+/t21-,22+/m0/s1. The zero-order valence-electron chi connectivity index (χ0n) is 20.7. The van der Waals surface area contributed by atoms with E-state index in [0.717, 1.165) is 32.1 Å². The third-order valence-electron chi connectivity index (χ3n) is 5.62. The van der Waals surface area contributed by atoms with Gasteiger partial charge in [0.1, 0.15) is 5.76 Å². The van der Waals surface area contributed by atoms with Crippen LogP contribution >= 0.6 is 11.6 Å². The van der Waals surface area contributed by atoms with Crippen molar-refractivity contribution in [3.8, 4) is 0 Å². The summed E-state index contributed by atoms with van der Waals surface area (Å²) in [6.07, 6.45) is 17.0. The highest BCUT2D eigenvalue weighted by Crippen LogP contribution is 2.19. The quantitative estimate of drug-likeness (QED) is 0.133. The Hall–Kier alpha value is -2.60. The average Bonchev–Trinajstić information content (AvgIpc) is 3.16. The first-order valence-electron chi connectivity index (χ1n) is 11.9. The fraction of sp³-hybridized carbons (Fsp3) is 0.519. The number of hydrogen-bond acceptors (Lipinski definition) is 4. The Morgan fingerprint density at radius 2 is 2.03 bits per heavy atom. The van der Waals surface area contributed by atoms with Crippen LogP contribution in [0.15, 0.2) is 59.9 Å². The van der Waals surface area contributed by atoms with Gasteiger partial charge in [-0.05, 0) is 51.4 Å². The van der Waals surface area contributed by atoms with Crippen LogP contribution in [0, 0.1) is 5.92 Å². The minimum Gasteiger partial charge on any atom is -0.501 e. The molecule has 7 heteroatoms. The van der Waals surface area contributed by atoms with Crippen molar-refractivity contribution >= 4 is 29.3 Å². The van der Waals surface area contributed by atoms with Gasteiger partial charge in [-0.3, -0.25) is 19.3 Å². The van der Waals surface area contributed by atoms with Gasteiger partial charge in [0.15, 0.2) is 0 Å². The number of hydrogen-bond donors (Lipinski definition) is 1. The number of carbonyl (C=O) groups is 3. The van der Waals surface area contributed by atoms with Crippen LogP contribution in [-0.4, -0.2) is 42.3 Å². The van der Waals surface area contributed by atoms with Gasteiger partial charge in [0.05, 0.1) is 13.2 Å². The molecule has 34 heavy (non-hydrogen) atoms. The molecule has 1 aliphatic heterocycles. The van der Waals surface area contributed by atoms with Crippen LogP contribution in [0.5, 0.6) is 0 Å². The first-order chi connectivity index (χ1) is 16.3. The molecule has 0 aromatic rings. The van der Waals surface area contributed by atoms with E-state index < -0.39 is 5.91 Å². The molecule has 0 bridgehead atoms. The fourth-order valence-corrected chi connectivity index (χ4v) is 3.73. The van der Waals surface area contributed by atoms with Crippen LogP contribution < -0.4 is 5.32 Å². The number of rotatable bonds is 16. The molecule has 0 aromatic heterocycles. The van der Waals surface area contributed by atoms with E-state index in [1.54, 1.807) is 18.5 Å². The minimum atomic E-state index is -0.421. The van der Waals surface area contributed by atoms with E-state index in [1.807, 2.05) is 12.2 Å². The average molecular weight is 491 g/mol. The number of imide groups is 1. The smallest absolute Gasteiger partial charge is 0.257 e. The van der Waals surface area contributed by atoms with E-state index >= 15 is 0 Å². The Labute approximate surface area is 209 Å². The number of carbonyl (C=O) groups excluding carboxylic acids is 3. The number of amides is 3. The molecule has 0 saturated heterocycles. The Kier molecular flexibility index (Phi) is 14.7. The third-order valence-corrected chi connectivity index (χ3v) is 5.93. The number of nitrogens with zero attached hydrogens (tertiary/aromatic N) is 1. The molecule has 3 amide bonds. The van der Waals surface area contributed by atoms with Crippen LogP contribution in [0.3, 0.4) is 0 Å². The number of unbranched alkanes of at least 4 members (excludes halogenated alkanes) is 1. The SMILES string of the molecule is C=CCCC/C(=C\Cl)CC[C@@H](C)/C=C/CCC(=O)NCC/C(=C\C(=O)N1C(=O)C=C[C@H]1C)OC. The van der Waals surface area contributed by atoms with E-state index in [4.69, 9.17) is 16.3 Å². The van der Waals surface area contributed by atoms with Crippen LogP contribution in [0.25, 0.3) is 0 Å². The van der Waals surface area contributed by atoms with E-state index in [-0.39, 0.29) is 17.9 Å². The van der Waals surface area contributed by atoms with E-state index in [2.05, 4.69) is 24.9 Å². The normalized spacial score (nSPS) is 17.4. The molecule has 0 unspecified atom stereocenters. The molecule has 188 valence electrons. The molecule has 0 fully saturated rings. The highest BCUT2D eigenvalue weighted by molar-refractivity contribution is 6.25. The number of methoxy groups -OCH3 is 1. The Morgan fingerprint density at radius 3 is 2.65 bits per heavy atom. The van der Waals surface area contributed by atoms with E-state index in [9.17, 15) is 14.4 Å². The Balaban J connectivity index is 2.28. The van der Waals surface area contributed by atoms with Crippen molar-refractivity contribution < 1.29 is 19.1 Å². The highest BCUT2D eigenvalue weighted by atomic mass is 35.5. The lowest BCUT2D eigenvalue weighted by Crippen LogP contribution is -2.37. The van der Waals surface area contributed by atoms with Gasteiger partial charge >= 0.3 is 0 Å². The molecule has 2 atom stereocenters. The maximum absolute atomic E-state index is 12.3. The summed E-state index contributed by atoms with van der Waals surface area (Å²) in [7, 11) is 1.47. The van der Waals surface area contributed by atoms with Crippen LogP contribution in [0.2, 0.25) is 0 Å². The zero-order chi connectivity index (χ0) is 25.3. The van der Waals surface area contributed by atoms with Gasteiger partial charge in [0, 0.05) is 37.1 Å². The second-order valence-corrected chi connectivity index (χ2v) is 8.71. The lowest BCUT2D eigenvalue weighted by Gasteiger charge is -2.18. The number of allylic oxidation sites excluding steroid dienone is 4. The molecule has 6 nitrogen and oxygen atoms in total. The van der Waals surface area contributed by atoms with Gasteiger partial charge in [-0.1, -0.05) is 48.4 Å². The highest BCUT2D eigenvalue weighted by Gasteiger charge is 2.27. The summed E-state index contributed by atoms with van der Waals surface area (Å²) in [4.78, 5) is 37.4. The van der Waals surface area contributed by atoms with Gasteiger partial charge in [-0.15, -0.1) is 6.58 Å². The van der Waals surface area contributed by atoms with Gasteiger partial charge < -0.3 is 10.1 Å². The van der Waals surface area contributed by atoms with Gasteiger partial charge in [-0.25, -0.2) is 0 Å². The molecule has 1 heterocycles. The largest absolute Gasteiger partial charge is 0.501 e. The van der Waals surface area contributed by atoms with Crippen molar-refractivity contribution in [1.82, 2.24) is 10.2 Å². The molecule has 0 saturated carbocycles. The summed E-state index contributed by atoms with van der Waals surface area (Å²) in [6, 6.07) is -0.272. The van der Waals surface area contributed by atoms with Crippen molar-refractivity contribution in [2.24, 2.45) is 5.92 Å². The molecular formula is C27H39ClN2O4. The summed E-state index contributed by atoms with van der Waals surface area (Å²) < 4.78 is 5.24. The summed E-state index contributed by atoms with van der Waals surface area (Å²) in [6.45, 7) is 8.04. The Morgan fingerprint density at radius 1 is 1.26 bits per heavy atom. The first-order valence-corrected chi connectivity index (χ1v) is 12.4. The molecule has 0 radical (unpaired) electrons. The lowest BCUT2D eigenvalue weighted by molar-refractivity contribution is -0.139. The molecule has 0 aliphatic carbocycles. The lowest BCUT2D eigenvalue weighted by atomic mass is 9.98. The number of nitrogens with one attached hydrogen (secondary N) is 1. The zero-order valence-corrected chi connectivity index (χ0v) is 21.5. The molecule has 1 aliphatic rings. The monoisotopic (exact) mass is 490 g/mol. The molecule has 0 spiro atoms. The van der Waals surface area contributed by atoms with Crippen molar-refractivity contribution in [3.05, 3.63) is 59.9 Å². The van der Waals surface area contributed by atoms with Crippen LogP contribution in [0.1, 0.15) is 65.2 Å². The van der Waals surface area contributed by atoms with Crippen LogP contribution in [-0.2, 0) is 19.1 Å². The van der Waals surface area contributed by atoms with Crippen molar-refractivity contribution in [1.29, 1.82) is 0 Å². The summed E-state index contributed by atoms with van der Waals surface area (Å²) in [5, 5.41) is 2.84. The van der Waals surface area contributed by atoms with Crippen molar-refractivity contribution in [3.63, 3.8) is 0 Å². The van der Waals surface area contributed by atoms with E-state index in [1.165, 1.54) is 29.7 Å². The van der Waals surface area contributed by atoms with Gasteiger partial charge in [0.2, 0.25) is 5.91 Å². The second-order valence-electron chi connectivity index (χ2n) is 8.49. The topological polar surface area (TPSA) is 75.7 Å². The summed E-state index contributed by atoms with van der Waals surface area (Å²) in [5.74, 6) is 0.0260. The molecule has 1 rings (SSSR count). The second kappa shape index (κ2) is 16.9. The maximum atomic E-state index is 12.3. The molecule has 1 N–H and O–H groups in total. The first kappa shape index (κ1) is 29.4. The minimum absolute atomic E-state index is 0.0544.